The Balaban J connectivity index is 2.44. The van der Waals surface area contributed by atoms with Crippen LogP contribution < -0.4 is 28.4 Å². The van der Waals surface area contributed by atoms with Crippen LogP contribution in [0.25, 0.3) is 12.2 Å². The third-order valence-electron chi connectivity index (χ3n) is 3.84. The number of methoxy groups -OCH3 is 6. The molecule has 2 rings (SSSR count). The van der Waals surface area contributed by atoms with Crippen molar-refractivity contribution in [3.05, 3.63) is 35.4 Å². The minimum absolute atomic E-state index is 0.555. The van der Waals surface area contributed by atoms with Gasteiger partial charge in [0.1, 0.15) is 0 Å². The van der Waals surface area contributed by atoms with Crippen LogP contribution in [0.2, 0.25) is 0 Å². The van der Waals surface area contributed by atoms with Crippen LogP contribution in [0.3, 0.4) is 0 Å². The molecule has 0 bridgehead atoms. The molecule has 0 aliphatic heterocycles. The van der Waals surface area contributed by atoms with Gasteiger partial charge in [-0.3, -0.25) is 0 Å². The summed E-state index contributed by atoms with van der Waals surface area (Å²) in [5.74, 6) is 3.49. The van der Waals surface area contributed by atoms with Crippen LogP contribution in [0.4, 0.5) is 0 Å². The van der Waals surface area contributed by atoms with E-state index in [2.05, 4.69) is 0 Å². The van der Waals surface area contributed by atoms with Crippen LogP contribution >= 0.6 is 0 Å². The maximum atomic E-state index is 5.38. The average molecular weight is 360 g/mol. The standard InChI is InChI=1S/C20H24O6/c1-21-15-9-13(10-16(22-2)19(15)25-5)7-8-14-11-17(23-3)20(26-6)18(12-14)24-4/h7-12H,1-6H3/b8-7+. The van der Waals surface area contributed by atoms with Gasteiger partial charge in [0.25, 0.3) is 0 Å². The SMILES string of the molecule is COc1cc(/C=C/c2cc(OC)c(OC)c(OC)c2)cc(OC)c1OC. The van der Waals surface area contributed by atoms with Gasteiger partial charge in [0.15, 0.2) is 23.0 Å². The molecule has 0 aromatic heterocycles. The van der Waals surface area contributed by atoms with Crippen molar-refractivity contribution in [3.8, 4) is 34.5 Å². The number of benzene rings is 2. The maximum absolute atomic E-state index is 5.38. The van der Waals surface area contributed by atoms with E-state index in [-0.39, 0.29) is 0 Å². The predicted molar refractivity (Wildman–Crippen MR) is 101 cm³/mol. The summed E-state index contributed by atoms with van der Waals surface area (Å²) >= 11 is 0. The van der Waals surface area contributed by atoms with E-state index in [9.17, 15) is 0 Å². The second kappa shape index (κ2) is 8.89. The van der Waals surface area contributed by atoms with Gasteiger partial charge in [-0.2, -0.15) is 0 Å². The monoisotopic (exact) mass is 360 g/mol. The van der Waals surface area contributed by atoms with Crippen molar-refractivity contribution < 1.29 is 28.4 Å². The largest absolute Gasteiger partial charge is 0.493 e. The zero-order valence-electron chi connectivity index (χ0n) is 15.9. The Hall–Kier alpha value is -3.02. The summed E-state index contributed by atoms with van der Waals surface area (Å²) in [6, 6.07) is 7.48. The Bertz CT molecular complexity index is 666. The van der Waals surface area contributed by atoms with Crippen LogP contribution in [-0.2, 0) is 0 Å². The van der Waals surface area contributed by atoms with Crippen molar-refractivity contribution in [1.82, 2.24) is 0 Å². The fourth-order valence-electron chi connectivity index (χ4n) is 2.59. The van der Waals surface area contributed by atoms with Gasteiger partial charge in [-0.15, -0.1) is 0 Å². The Kier molecular flexibility index (Phi) is 6.60. The van der Waals surface area contributed by atoms with Gasteiger partial charge in [0, 0.05) is 0 Å². The minimum atomic E-state index is 0.555. The molecule has 0 aliphatic rings. The number of ether oxygens (including phenoxy) is 6. The molecular weight excluding hydrogens is 336 g/mol. The van der Waals surface area contributed by atoms with Crippen LogP contribution in [0.5, 0.6) is 34.5 Å². The molecule has 0 saturated carbocycles. The van der Waals surface area contributed by atoms with Gasteiger partial charge in [-0.25, -0.2) is 0 Å². The van der Waals surface area contributed by atoms with Crippen molar-refractivity contribution in [1.29, 1.82) is 0 Å². The second-order valence-corrected chi connectivity index (χ2v) is 5.25. The quantitative estimate of drug-likeness (QED) is 0.666. The molecule has 140 valence electrons. The second-order valence-electron chi connectivity index (χ2n) is 5.25. The van der Waals surface area contributed by atoms with E-state index in [0.29, 0.717) is 34.5 Å². The van der Waals surface area contributed by atoms with E-state index >= 15 is 0 Å². The molecule has 0 fully saturated rings. The Morgan fingerprint density at radius 2 is 0.731 bits per heavy atom. The molecule has 2 aromatic rings. The van der Waals surface area contributed by atoms with Gasteiger partial charge in [-0.05, 0) is 35.4 Å². The van der Waals surface area contributed by atoms with Crippen LogP contribution in [0.1, 0.15) is 11.1 Å². The van der Waals surface area contributed by atoms with Crippen LogP contribution in [-0.4, -0.2) is 42.7 Å². The Morgan fingerprint density at radius 1 is 0.462 bits per heavy atom. The van der Waals surface area contributed by atoms with Crippen molar-refractivity contribution >= 4 is 12.2 Å². The Labute approximate surface area is 153 Å². The van der Waals surface area contributed by atoms with E-state index in [1.54, 1.807) is 42.7 Å². The topological polar surface area (TPSA) is 55.4 Å². The highest BCUT2D eigenvalue weighted by Crippen LogP contribution is 2.40. The number of rotatable bonds is 8. The van der Waals surface area contributed by atoms with Crippen LogP contribution in [0, 0.1) is 0 Å². The highest BCUT2D eigenvalue weighted by Gasteiger charge is 2.13. The molecule has 0 spiro atoms. The average Bonchev–Trinajstić information content (AvgIpc) is 2.70. The Morgan fingerprint density at radius 3 is 0.923 bits per heavy atom. The third-order valence-corrected chi connectivity index (χ3v) is 3.84. The lowest BCUT2D eigenvalue weighted by atomic mass is 10.1. The van der Waals surface area contributed by atoms with Gasteiger partial charge < -0.3 is 28.4 Å². The van der Waals surface area contributed by atoms with Crippen LogP contribution in [0.15, 0.2) is 24.3 Å². The van der Waals surface area contributed by atoms with Gasteiger partial charge in [0.2, 0.25) is 11.5 Å². The van der Waals surface area contributed by atoms with Gasteiger partial charge in [0.05, 0.1) is 42.7 Å². The fourth-order valence-corrected chi connectivity index (χ4v) is 2.59. The molecule has 6 nitrogen and oxygen atoms in total. The molecule has 0 atom stereocenters. The first kappa shape index (κ1) is 19.3. The summed E-state index contributed by atoms with van der Waals surface area (Å²) in [4.78, 5) is 0. The van der Waals surface area contributed by atoms with Gasteiger partial charge in [-0.1, -0.05) is 12.2 Å². The van der Waals surface area contributed by atoms with Crippen molar-refractivity contribution in [3.63, 3.8) is 0 Å². The molecule has 26 heavy (non-hydrogen) atoms. The van der Waals surface area contributed by atoms with E-state index in [0.717, 1.165) is 11.1 Å². The first-order chi connectivity index (χ1) is 12.6. The highest BCUT2D eigenvalue weighted by atomic mass is 16.5. The molecule has 0 radical (unpaired) electrons. The smallest absolute Gasteiger partial charge is 0.203 e. The van der Waals surface area contributed by atoms with E-state index in [1.807, 2.05) is 36.4 Å². The molecule has 0 unspecified atom stereocenters. The lowest BCUT2D eigenvalue weighted by molar-refractivity contribution is 0.324. The predicted octanol–water partition coefficient (Wildman–Crippen LogP) is 3.91. The lowest BCUT2D eigenvalue weighted by Gasteiger charge is -2.13. The summed E-state index contributed by atoms with van der Waals surface area (Å²) in [5.41, 5.74) is 1.79. The van der Waals surface area contributed by atoms with Crippen molar-refractivity contribution in [2.75, 3.05) is 42.7 Å². The van der Waals surface area contributed by atoms with Gasteiger partial charge >= 0.3 is 0 Å². The molecule has 0 aliphatic carbocycles. The zero-order valence-corrected chi connectivity index (χ0v) is 15.9. The van der Waals surface area contributed by atoms with E-state index < -0.39 is 0 Å². The summed E-state index contributed by atoms with van der Waals surface area (Å²) in [6.07, 6.45) is 3.87. The number of hydrogen-bond acceptors (Lipinski definition) is 6. The van der Waals surface area contributed by atoms with Crippen molar-refractivity contribution in [2.45, 2.75) is 0 Å². The maximum Gasteiger partial charge on any atom is 0.203 e. The van der Waals surface area contributed by atoms with E-state index in [1.165, 1.54) is 0 Å². The minimum Gasteiger partial charge on any atom is -0.493 e. The summed E-state index contributed by atoms with van der Waals surface area (Å²) < 4.78 is 32.2. The molecule has 0 N–H and O–H groups in total. The molecule has 0 saturated heterocycles. The first-order valence-electron chi connectivity index (χ1n) is 7.89. The summed E-state index contributed by atoms with van der Waals surface area (Å²) in [5, 5.41) is 0. The molecule has 2 aromatic carbocycles. The van der Waals surface area contributed by atoms with E-state index in [4.69, 9.17) is 28.4 Å². The third kappa shape index (κ3) is 3.96. The molecular formula is C20H24O6. The van der Waals surface area contributed by atoms with Crippen molar-refractivity contribution in [2.24, 2.45) is 0 Å². The highest BCUT2D eigenvalue weighted by molar-refractivity contribution is 5.75. The molecule has 6 heteroatoms. The normalized spacial score (nSPS) is 10.5. The summed E-state index contributed by atoms with van der Waals surface area (Å²) in [6.45, 7) is 0. The first-order valence-corrected chi connectivity index (χ1v) is 7.89. The molecule has 0 amide bonds. The number of hydrogen-bond donors (Lipinski definition) is 0. The zero-order chi connectivity index (χ0) is 19.1. The molecule has 0 heterocycles. The fraction of sp³-hybridized carbons (Fsp3) is 0.300. The summed E-state index contributed by atoms with van der Waals surface area (Å²) in [7, 11) is 9.50. The lowest BCUT2D eigenvalue weighted by Crippen LogP contribution is -1.96.